The third kappa shape index (κ3) is 1.71. The van der Waals surface area contributed by atoms with E-state index in [0.717, 1.165) is 6.54 Å². The Labute approximate surface area is 91.6 Å². The van der Waals surface area contributed by atoms with E-state index in [-0.39, 0.29) is 11.6 Å². The van der Waals surface area contributed by atoms with Crippen LogP contribution in [0.5, 0.6) is 0 Å². The number of aliphatic imine (C=N–C) groups is 1. The summed E-state index contributed by atoms with van der Waals surface area (Å²) in [5.41, 5.74) is 1.38. The van der Waals surface area contributed by atoms with Gasteiger partial charge in [0.1, 0.15) is 6.17 Å². The number of rotatable bonds is 1. The van der Waals surface area contributed by atoms with E-state index in [0.29, 0.717) is 5.92 Å². The van der Waals surface area contributed by atoms with Crippen molar-refractivity contribution in [1.82, 2.24) is 5.01 Å². The van der Waals surface area contributed by atoms with E-state index in [9.17, 15) is 0 Å². The molecule has 0 aromatic heterocycles. The third-order valence-electron chi connectivity index (χ3n) is 2.91. The highest BCUT2D eigenvalue weighted by molar-refractivity contribution is 5.95. The minimum absolute atomic E-state index is 0.129. The van der Waals surface area contributed by atoms with Gasteiger partial charge in [-0.1, -0.05) is 26.8 Å². The normalized spacial score (nSPS) is 29.3. The van der Waals surface area contributed by atoms with Crippen LogP contribution in [0.3, 0.4) is 0 Å². The Morgan fingerprint density at radius 3 is 2.73 bits per heavy atom. The van der Waals surface area contributed by atoms with E-state index in [2.05, 4.69) is 43.8 Å². The van der Waals surface area contributed by atoms with Crippen molar-refractivity contribution < 1.29 is 0 Å². The van der Waals surface area contributed by atoms with E-state index >= 15 is 0 Å². The number of nitrogens with zero attached hydrogens (tertiary/aromatic N) is 3. The van der Waals surface area contributed by atoms with Crippen LogP contribution in [0.2, 0.25) is 0 Å². The minimum atomic E-state index is 0.129. The molecule has 0 amide bonds. The molecule has 2 rings (SSSR count). The molecule has 0 saturated heterocycles. The predicted molar refractivity (Wildman–Crippen MR) is 64.2 cm³/mol. The van der Waals surface area contributed by atoms with Crippen molar-refractivity contribution in [2.45, 2.75) is 33.9 Å². The molecule has 0 N–H and O–H groups in total. The number of hydrogen-bond acceptors (Lipinski definition) is 3. The monoisotopic (exact) mass is 205 g/mol. The molecular formula is C12H19N3. The van der Waals surface area contributed by atoms with E-state index in [1.165, 1.54) is 5.71 Å². The fraction of sp³-hybridized carbons (Fsp3) is 0.667. The van der Waals surface area contributed by atoms with Gasteiger partial charge in [0, 0.05) is 18.2 Å². The molecule has 0 radical (unpaired) electrons. The topological polar surface area (TPSA) is 28.0 Å². The molecule has 2 aliphatic rings. The first-order valence-electron chi connectivity index (χ1n) is 5.59. The zero-order chi connectivity index (χ0) is 11.1. The molecule has 0 spiro atoms. The summed E-state index contributed by atoms with van der Waals surface area (Å²) in [6, 6.07) is 0. The van der Waals surface area contributed by atoms with Gasteiger partial charge in [-0.05, 0) is 13.0 Å². The van der Waals surface area contributed by atoms with Gasteiger partial charge in [-0.15, -0.1) is 0 Å². The molecule has 0 aliphatic carbocycles. The molecule has 3 nitrogen and oxygen atoms in total. The van der Waals surface area contributed by atoms with Gasteiger partial charge >= 0.3 is 0 Å². The Morgan fingerprint density at radius 1 is 1.40 bits per heavy atom. The molecule has 2 unspecified atom stereocenters. The molecule has 2 atom stereocenters. The standard InChI is InChI=1S/C12H19N3/c1-5-15-11-9(7-6-8-13-11)10(14-15)12(2,3)4/h6-9,11H,5H2,1-4H3. The predicted octanol–water partition coefficient (Wildman–Crippen LogP) is 2.31. The Morgan fingerprint density at radius 2 is 2.13 bits per heavy atom. The second-order valence-corrected chi connectivity index (χ2v) is 5.11. The highest BCUT2D eigenvalue weighted by Crippen LogP contribution is 2.34. The number of hydrogen-bond donors (Lipinski definition) is 0. The molecule has 0 aromatic rings. The fourth-order valence-corrected chi connectivity index (χ4v) is 2.17. The first-order chi connectivity index (χ1) is 7.04. The Balaban J connectivity index is 2.33. The quantitative estimate of drug-likeness (QED) is 0.645. The van der Waals surface area contributed by atoms with Crippen LogP contribution in [0.25, 0.3) is 0 Å². The fourth-order valence-electron chi connectivity index (χ4n) is 2.17. The maximum Gasteiger partial charge on any atom is 0.148 e. The van der Waals surface area contributed by atoms with Crippen molar-refractivity contribution in [2.24, 2.45) is 21.4 Å². The Kier molecular flexibility index (Phi) is 2.41. The zero-order valence-corrected chi connectivity index (χ0v) is 9.94. The molecule has 0 saturated carbocycles. The van der Waals surface area contributed by atoms with Crippen LogP contribution in [0.1, 0.15) is 27.7 Å². The zero-order valence-electron chi connectivity index (χ0n) is 9.94. The van der Waals surface area contributed by atoms with Gasteiger partial charge in [0.05, 0.1) is 11.6 Å². The third-order valence-corrected chi connectivity index (χ3v) is 2.91. The minimum Gasteiger partial charge on any atom is -0.272 e. The highest BCUT2D eigenvalue weighted by Gasteiger charge is 2.40. The molecular weight excluding hydrogens is 186 g/mol. The molecule has 0 fully saturated rings. The summed E-state index contributed by atoms with van der Waals surface area (Å²) in [6.07, 6.45) is 6.33. The van der Waals surface area contributed by atoms with Gasteiger partial charge in [0.25, 0.3) is 0 Å². The van der Waals surface area contributed by atoms with E-state index < -0.39 is 0 Å². The number of dihydropyridines is 1. The van der Waals surface area contributed by atoms with Crippen LogP contribution < -0.4 is 0 Å². The lowest BCUT2D eigenvalue weighted by atomic mass is 9.81. The van der Waals surface area contributed by atoms with Gasteiger partial charge < -0.3 is 0 Å². The molecule has 3 heteroatoms. The first-order valence-corrected chi connectivity index (χ1v) is 5.59. The van der Waals surface area contributed by atoms with Gasteiger partial charge in [0.2, 0.25) is 0 Å². The van der Waals surface area contributed by atoms with Crippen LogP contribution in [0.4, 0.5) is 0 Å². The Bertz CT molecular complexity index is 333. The summed E-state index contributed by atoms with van der Waals surface area (Å²) >= 11 is 0. The highest BCUT2D eigenvalue weighted by atomic mass is 15.5. The largest absolute Gasteiger partial charge is 0.272 e. The van der Waals surface area contributed by atoms with Crippen LogP contribution in [0.15, 0.2) is 22.2 Å². The first kappa shape index (κ1) is 10.4. The summed E-state index contributed by atoms with van der Waals surface area (Å²) < 4.78 is 0. The van der Waals surface area contributed by atoms with Crippen molar-refractivity contribution >= 4 is 11.9 Å². The number of fused-ring (bicyclic) bond motifs is 1. The lowest BCUT2D eigenvalue weighted by Gasteiger charge is -2.26. The summed E-state index contributed by atoms with van der Waals surface area (Å²) in [6.45, 7) is 9.70. The maximum atomic E-state index is 4.71. The summed E-state index contributed by atoms with van der Waals surface area (Å²) in [7, 11) is 0. The van der Waals surface area contributed by atoms with E-state index in [1.54, 1.807) is 0 Å². The van der Waals surface area contributed by atoms with E-state index in [1.807, 2.05) is 12.3 Å². The van der Waals surface area contributed by atoms with Crippen molar-refractivity contribution in [1.29, 1.82) is 0 Å². The van der Waals surface area contributed by atoms with Crippen molar-refractivity contribution in [3.63, 3.8) is 0 Å². The molecule has 0 aromatic carbocycles. The summed E-state index contributed by atoms with van der Waals surface area (Å²) in [5.74, 6) is 0.370. The lowest BCUT2D eigenvalue weighted by molar-refractivity contribution is 0.231. The van der Waals surface area contributed by atoms with Crippen LogP contribution in [0, 0.1) is 11.3 Å². The van der Waals surface area contributed by atoms with Crippen LogP contribution in [-0.2, 0) is 0 Å². The van der Waals surface area contributed by atoms with Crippen molar-refractivity contribution in [3.8, 4) is 0 Å². The van der Waals surface area contributed by atoms with Gasteiger partial charge in [-0.3, -0.25) is 10.0 Å². The summed E-state index contributed by atoms with van der Waals surface area (Å²) in [4.78, 5) is 4.51. The molecule has 0 bridgehead atoms. The molecule has 2 aliphatic heterocycles. The van der Waals surface area contributed by atoms with Gasteiger partial charge in [-0.2, -0.15) is 5.10 Å². The second-order valence-electron chi connectivity index (χ2n) is 5.11. The van der Waals surface area contributed by atoms with Crippen molar-refractivity contribution in [3.05, 3.63) is 12.2 Å². The van der Waals surface area contributed by atoms with Gasteiger partial charge in [0.15, 0.2) is 0 Å². The van der Waals surface area contributed by atoms with Crippen molar-refractivity contribution in [2.75, 3.05) is 6.54 Å². The number of hydrazone groups is 1. The second kappa shape index (κ2) is 3.47. The van der Waals surface area contributed by atoms with Gasteiger partial charge in [-0.25, -0.2) is 0 Å². The lowest BCUT2D eigenvalue weighted by Crippen LogP contribution is -2.34. The van der Waals surface area contributed by atoms with Crippen LogP contribution in [-0.4, -0.2) is 29.6 Å². The number of allylic oxidation sites excluding steroid dienone is 1. The van der Waals surface area contributed by atoms with Crippen LogP contribution >= 0.6 is 0 Å². The average molecular weight is 205 g/mol. The molecule has 2 heterocycles. The maximum absolute atomic E-state index is 4.71. The molecule has 15 heavy (non-hydrogen) atoms. The Hall–Kier alpha value is -1.12. The summed E-state index contributed by atoms with van der Waals surface area (Å²) in [5, 5.41) is 6.80. The molecule has 82 valence electrons. The van der Waals surface area contributed by atoms with E-state index in [4.69, 9.17) is 5.10 Å². The smallest absolute Gasteiger partial charge is 0.148 e. The SMILES string of the molecule is CCN1N=C(C(C)(C)C)C2C=CC=NC21. The average Bonchev–Trinajstić information content (AvgIpc) is 2.55.